The third-order valence-electron chi connectivity index (χ3n) is 4.44. The number of alkyl halides is 3. The van der Waals surface area contributed by atoms with E-state index in [2.05, 4.69) is 15.0 Å². The van der Waals surface area contributed by atoms with Crippen LogP contribution in [0.2, 0.25) is 5.02 Å². The van der Waals surface area contributed by atoms with Crippen LogP contribution in [0.15, 0.2) is 42.5 Å². The molecule has 0 amide bonds. The first kappa shape index (κ1) is 25.7. The van der Waals surface area contributed by atoms with Crippen molar-refractivity contribution in [3.05, 3.63) is 58.6 Å². The molecule has 0 bridgehead atoms. The Balaban J connectivity index is 0.00000210. The minimum Gasteiger partial charge on any atom is -0.495 e. The van der Waals surface area contributed by atoms with E-state index in [0.717, 1.165) is 37.3 Å². The number of methoxy groups -OCH3 is 1. The normalized spacial score (nSPS) is 15.6. The monoisotopic (exact) mass is 472 g/mol. The quantitative estimate of drug-likeness (QED) is 0.656. The second-order valence-corrected chi connectivity index (χ2v) is 6.61. The molecular weight excluding hydrogens is 452 g/mol. The Hall–Kier alpha value is -1.38. The summed E-state index contributed by atoms with van der Waals surface area (Å²) >= 11 is 6.14. The van der Waals surface area contributed by atoms with Crippen LogP contribution in [0.3, 0.4) is 0 Å². The topological polar surface area (TPSA) is 33.7 Å². The predicted molar refractivity (Wildman–Crippen MR) is 112 cm³/mol. The van der Waals surface area contributed by atoms with Gasteiger partial charge in [-0.15, -0.1) is 38.0 Å². The lowest BCUT2D eigenvalue weighted by Gasteiger charge is -2.35. The molecule has 0 unspecified atom stereocenters. The van der Waals surface area contributed by atoms with Crippen molar-refractivity contribution in [2.45, 2.75) is 12.4 Å². The largest absolute Gasteiger partial charge is 0.573 e. The number of nitrogens with zero attached hydrogens (tertiary/aromatic N) is 1. The van der Waals surface area contributed by atoms with E-state index in [4.69, 9.17) is 16.3 Å². The van der Waals surface area contributed by atoms with Gasteiger partial charge in [-0.2, -0.15) is 0 Å². The van der Waals surface area contributed by atoms with E-state index in [1.165, 1.54) is 12.1 Å². The number of nitrogens with one attached hydrogen (secondary N) is 1. The van der Waals surface area contributed by atoms with Gasteiger partial charge in [0.15, 0.2) is 0 Å². The average Bonchev–Trinajstić information content (AvgIpc) is 2.64. The van der Waals surface area contributed by atoms with Gasteiger partial charge in [0.05, 0.1) is 18.2 Å². The van der Waals surface area contributed by atoms with Crippen LogP contribution in [-0.2, 0) is 0 Å². The third kappa shape index (κ3) is 6.83. The summed E-state index contributed by atoms with van der Waals surface area (Å²) in [6, 6.07) is 11.4. The van der Waals surface area contributed by atoms with Gasteiger partial charge in [-0.3, -0.25) is 4.90 Å². The molecule has 0 aliphatic carbocycles. The smallest absolute Gasteiger partial charge is 0.495 e. The summed E-state index contributed by atoms with van der Waals surface area (Å²) in [4.78, 5) is 2.28. The van der Waals surface area contributed by atoms with Crippen LogP contribution in [0.5, 0.6) is 11.5 Å². The maximum absolute atomic E-state index is 12.4. The van der Waals surface area contributed by atoms with Crippen molar-refractivity contribution in [2.24, 2.45) is 0 Å². The maximum atomic E-state index is 12.4. The van der Waals surface area contributed by atoms with Gasteiger partial charge in [0.1, 0.15) is 11.5 Å². The van der Waals surface area contributed by atoms with E-state index >= 15 is 0 Å². The maximum Gasteiger partial charge on any atom is 0.573 e. The summed E-state index contributed by atoms with van der Waals surface area (Å²) in [5.74, 6) is 0.324. The van der Waals surface area contributed by atoms with Crippen LogP contribution in [0.25, 0.3) is 0 Å². The average molecular weight is 474 g/mol. The van der Waals surface area contributed by atoms with Crippen LogP contribution < -0.4 is 14.8 Å². The number of hydrogen-bond acceptors (Lipinski definition) is 4. The SMILES string of the molecule is COc1cc([C@@H](c2ccc(OC(F)(F)F)cc2)N2CCNCC2)ccc1Cl.Cl.Cl. The predicted octanol–water partition coefficient (Wildman–Crippen LogP) is 5.09. The molecule has 0 saturated carbocycles. The Morgan fingerprint density at radius 1 is 1.00 bits per heavy atom. The molecule has 4 nitrogen and oxygen atoms in total. The lowest BCUT2D eigenvalue weighted by Crippen LogP contribution is -2.45. The van der Waals surface area contributed by atoms with Gasteiger partial charge in [0, 0.05) is 26.2 Å². The molecule has 0 aromatic heterocycles. The number of hydrogen-bond donors (Lipinski definition) is 1. The van der Waals surface area contributed by atoms with Gasteiger partial charge in [-0.25, -0.2) is 0 Å². The zero-order valence-electron chi connectivity index (χ0n) is 15.5. The van der Waals surface area contributed by atoms with Crippen LogP contribution in [0.4, 0.5) is 13.2 Å². The molecule has 1 fully saturated rings. The van der Waals surface area contributed by atoms with E-state index in [9.17, 15) is 13.2 Å². The summed E-state index contributed by atoms with van der Waals surface area (Å²) in [7, 11) is 1.55. The molecule has 10 heteroatoms. The summed E-state index contributed by atoms with van der Waals surface area (Å²) in [5.41, 5.74) is 1.83. The molecule has 2 aromatic carbocycles. The van der Waals surface area contributed by atoms with Crippen molar-refractivity contribution in [1.29, 1.82) is 0 Å². The minimum atomic E-state index is -4.71. The Bertz CT molecular complexity index is 770. The zero-order chi connectivity index (χ0) is 19.4. The molecule has 1 aliphatic rings. The summed E-state index contributed by atoms with van der Waals surface area (Å²) < 4.78 is 46.5. The molecule has 1 aliphatic heterocycles. The molecule has 29 heavy (non-hydrogen) atoms. The zero-order valence-corrected chi connectivity index (χ0v) is 17.9. The van der Waals surface area contributed by atoms with Gasteiger partial charge >= 0.3 is 6.36 Å². The first-order chi connectivity index (χ1) is 12.9. The standard InChI is InChI=1S/C19H20ClF3N2O2.2ClH/c1-26-17-12-14(4-7-16(17)20)18(25-10-8-24-9-11-25)13-2-5-15(6-3-13)27-19(21,22)23;;/h2-7,12,18,24H,8-11H2,1H3;2*1H/t18-;;/m1../s1. The van der Waals surface area contributed by atoms with E-state index in [-0.39, 0.29) is 36.6 Å². The van der Waals surface area contributed by atoms with Gasteiger partial charge in [-0.05, 0) is 35.4 Å². The molecule has 1 saturated heterocycles. The van der Waals surface area contributed by atoms with Crippen LogP contribution >= 0.6 is 36.4 Å². The van der Waals surface area contributed by atoms with E-state index < -0.39 is 6.36 Å². The van der Waals surface area contributed by atoms with Crippen LogP contribution in [-0.4, -0.2) is 44.6 Å². The highest BCUT2D eigenvalue weighted by molar-refractivity contribution is 6.32. The van der Waals surface area contributed by atoms with Crippen molar-refractivity contribution in [3.63, 3.8) is 0 Å². The summed E-state index contributed by atoms with van der Waals surface area (Å²) in [6.45, 7) is 3.32. The van der Waals surface area contributed by atoms with Gasteiger partial charge in [0.2, 0.25) is 0 Å². The van der Waals surface area contributed by atoms with Gasteiger partial charge in [0.25, 0.3) is 0 Å². The summed E-state index contributed by atoms with van der Waals surface area (Å²) in [6.07, 6.45) is -4.71. The molecule has 1 heterocycles. The van der Waals surface area contributed by atoms with Crippen molar-refractivity contribution < 1.29 is 22.6 Å². The summed E-state index contributed by atoms with van der Waals surface area (Å²) in [5, 5.41) is 3.82. The van der Waals surface area contributed by atoms with Crippen molar-refractivity contribution in [2.75, 3.05) is 33.3 Å². The molecule has 1 atom stereocenters. The van der Waals surface area contributed by atoms with Crippen LogP contribution in [0.1, 0.15) is 17.2 Å². The number of halogens is 6. The number of benzene rings is 2. The highest BCUT2D eigenvalue weighted by Gasteiger charge is 2.31. The fourth-order valence-electron chi connectivity index (χ4n) is 3.25. The lowest BCUT2D eigenvalue weighted by atomic mass is 9.96. The lowest BCUT2D eigenvalue weighted by molar-refractivity contribution is -0.274. The number of rotatable bonds is 5. The van der Waals surface area contributed by atoms with E-state index in [1.54, 1.807) is 25.3 Å². The minimum absolute atomic E-state index is 0. The highest BCUT2D eigenvalue weighted by Crippen LogP contribution is 2.35. The highest BCUT2D eigenvalue weighted by atomic mass is 35.5. The molecule has 0 spiro atoms. The Morgan fingerprint density at radius 2 is 1.59 bits per heavy atom. The second kappa shape index (κ2) is 11.1. The third-order valence-corrected chi connectivity index (χ3v) is 4.75. The van der Waals surface area contributed by atoms with Gasteiger partial charge in [-0.1, -0.05) is 29.8 Å². The van der Waals surface area contributed by atoms with Crippen molar-refractivity contribution in [3.8, 4) is 11.5 Å². The van der Waals surface area contributed by atoms with E-state index in [0.29, 0.717) is 10.8 Å². The Kier molecular flexibility index (Phi) is 9.85. The van der Waals surface area contributed by atoms with Crippen molar-refractivity contribution in [1.82, 2.24) is 10.2 Å². The first-order valence-electron chi connectivity index (χ1n) is 8.51. The molecule has 162 valence electrons. The van der Waals surface area contributed by atoms with Gasteiger partial charge < -0.3 is 14.8 Å². The Labute approximate surface area is 185 Å². The Morgan fingerprint density at radius 3 is 2.14 bits per heavy atom. The fraction of sp³-hybridized carbons (Fsp3) is 0.368. The van der Waals surface area contributed by atoms with Crippen molar-refractivity contribution >= 4 is 36.4 Å². The molecule has 3 rings (SSSR count). The molecular formula is C19H22Cl3F3N2O2. The molecule has 1 N–H and O–H groups in total. The van der Waals surface area contributed by atoms with E-state index in [1.807, 2.05) is 12.1 Å². The first-order valence-corrected chi connectivity index (χ1v) is 8.89. The number of ether oxygens (including phenoxy) is 2. The number of piperazine rings is 1. The molecule has 2 aromatic rings. The van der Waals surface area contributed by atoms with Crippen LogP contribution in [0, 0.1) is 0 Å². The second-order valence-electron chi connectivity index (χ2n) is 6.20. The molecule has 0 radical (unpaired) electrons. The fourth-order valence-corrected chi connectivity index (χ4v) is 3.45.